The summed E-state index contributed by atoms with van der Waals surface area (Å²) < 4.78 is 4.57. The second-order valence-electron chi connectivity index (χ2n) is 3.30. The molecular formula is C13H14O3. The van der Waals surface area contributed by atoms with Crippen LogP contribution in [0, 0.1) is 0 Å². The van der Waals surface area contributed by atoms with Gasteiger partial charge in [0.05, 0.1) is 12.7 Å². The number of carbonyl (C=O) groups is 1. The van der Waals surface area contributed by atoms with Crippen molar-refractivity contribution < 1.29 is 14.6 Å². The zero-order valence-electron chi connectivity index (χ0n) is 9.14. The Morgan fingerprint density at radius 1 is 1.44 bits per heavy atom. The molecule has 0 aliphatic heterocycles. The third kappa shape index (κ3) is 2.58. The van der Waals surface area contributed by atoms with E-state index >= 15 is 0 Å². The maximum atomic E-state index is 11.2. The van der Waals surface area contributed by atoms with E-state index < -0.39 is 12.1 Å². The number of methoxy groups -OCH3 is 1. The van der Waals surface area contributed by atoms with Crippen LogP contribution in [0.3, 0.4) is 0 Å². The molecule has 84 valence electrons. The number of carbonyl (C=O) groups excluding carboxylic acids is 1. The van der Waals surface area contributed by atoms with Crippen LogP contribution in [0.5, 0.6) is 0 Å². The summed E-state index contributed by atoms with van der Waals surface area (Å²) in [6.07, 6.45) is 0.711. The maximum Gasteiger partial charge on any atom is 0.337 e. The van der Waals surface area contributed by atoms with Crippen molar-refractivity contribution in [3.8, 4) is 0 Å². The highest BCUT2D eigenvalue weighted by atomic mass is 16.5. The number of rotatable bonds is 4. The van der Waals surface area contributed by atoms with Gasteiger partial charge in [-0.2, -0.15) is 0 Å². The minimum atomic E-state index is -0.788. The lowest BCUT2D eigenvalue weighted by Crippen LogP contribution is -2.03. The van der Waals surface area contributed by atoms with Gasteiger partial charge in [0, 0.05) is 0 Å². The number of hydrogen-bond donors (Lipinski definition) is 1. The Morgan fingerprint density at radius 3 is 2.44 bits per heavy atom. The summed E-state index contributed by atoms with van der Waals surface area (Å²) in [7, 11) is 1.32. The molecule has 1 aromatic carbocycles. The monoisotopic (exact) mass is 218 g/mol. The van der Waals surface area contributed by atoms with Crippen LogP contribution in [0.15, 0.2) is 49.1 Å². The first-order valence-electron chi connectivity index (χ1n) is 4.77. The van der Waals surface area contributed by atoms with Gasteiger partial charge in [-0.1, -0.05) is 31.4 Å². The molecule has 3 nitrogen and oxygen atoms in total. The van der Waals surface area contributed by atoms with E-state index in [0.717, 1.165) is 0 Å². The van der Waals surface area contributed by atoms with E-state index in [-0.39, 0.29) is 0 Å². The molecule has 0 saturated carbocycles. The Balaban J connectivity index is 2.90. The number of aliphatic hydroxyl groups excluding tert-OH is 1. The van der Waals surface area contributed by atoms with Crippen LogP contribution in [-0.2, 0) is 4.74 Å². The molecule has 0 radical (unpaired) electrons. The summed E-state index contributed by atoms with van der Waals surface area (Å²) in [6.45, 7) is 7.20. The molecule has 1 rings (SSSR count). The van der Waals surface area contributed by atoms with E-state index in [9.17, 15) is 9.90 Å². The lowest BCUT2D eigenvalue weighted by molar-refractivity contribution is 0.0600. The normalized spacial score (nSPS) is 11.6. The molecule has 0 heterocycles. The van der Waals surface area contributed by atoms with Gasteiger partial charge in [0.1, 0.15) is 6.10 Å². The smallest absolute Gasteiger partial charge is 0.337 e. The summed E-state index contributed by atoms with van der Waals surface area (Å²) >= 11 is 0. The molecule has 0 spiro atoms. The molecule has 0 saturated heterocycles. The van der Waals surface area contributed by atoms with Crippen LogP contribution in [0.1, 0.15) is 22.0 Å². The van der Waals surface area contributed by atoms with Crippen LogP contribution in [0.4, 0.5) is 0 Å². The zero-order chi connectivity index (χ0) is 12.1. The molecule has 0 fully saturated rings. The summed E-state index contributed by atoms with van der Waals surface area (Å²) in [6, 6.07) is 6.51. The second kappa shape index (κ2) is 5.28. The molecule has 0 bridgehead atoms. The Hall–Kier alpha value is -1.87. The van der Waals surface area contributed by atoms with Gasteiger partial charge in [-0.15, -0.1) is 0 Å². The molecule has 0 aliphatic carbocycles. The summed E-state index contributed by atoms with van der Waals surface area (Å²) in [4.78, 5) is 11.2. The number of esters is 1. The summed E-state index contributed by atoms with van der Waals surface area (Å²) in [5, 5.41) is 9.79. The Morgan fingerprint density at radius 2 is 2.00 bits per heavy atom. The summed E-state index contributed by atoms with van der Waals surface area (Å²) in [5.74, 6) is -0.399. The topological polar surface area (TPSA) is 46.5 Å². The van der Waals surface area contributed by atoms with Crippen molar-refractivity contribution in [2.45, 2.75) is 6.10 Å². The highest BCUT2D eigenvalue weighted by Gasteiger charge is 2.10. The molecule has 0 amide bonds. The van der Waals surface area contributed by atoms with Crippen molar-refractivity contribution in [3.05, 3.63) is 60.2 Å². The van der Waals surface area contributed by atoms with Gasteiger partial charge in [0.2, 0.25) is 0 Å². The number of aliphatic hydroxyl groups is 1. The minimum Gasteiger partial charge on any atom is -0.465 e. The van der Waals surface area contributed by atoms with E-state index in [4.69, 9.17) is 0 Å². The fourth-order valence-corrected chi connectivity index (χ4v) is 1.25. The first-order chi connectivity index (χ1) is 7.60. The van der Waals surface area contributed by atoms with Crippen LogP contribution in [0.2, 0.25) is 0 Å². The Bertz CT molecular complexity index is 404. The predicted octanol–water partition coefficient (Wildman–Crippen LogP) is 2.25. The number of benzene rings is 1. The largest absolute Gasteiger partial charge is 0.465 e. The Labute approximate surface area is 94.7 Å². The Kier molecular flexibility index (Phi) is 4.03. The molecule has 16 heavy (non-hydrogen) atoms. The van der Waals surface area contributed by atoms with Crippen molar-refractivity contribution in [1.82, 2.24) is 0 Å². The highest BCUT2D eigenvalue weighted by Crippen LogP contribution is 2.21. The van der Waals surface area contributed by atoms with E-state index in [2.05, 4.69) is 17.9 Å². The van der Waals surface area contributed by atoms with Gasteiger partial charge in [-0.05, 0) is 23.3 Å². The van der Waals surface area contributed by atoms with Crippen LogP contribution >= 0.6 is 0 Å². The highest BCUT2D eigenvalue weighted by molar-refractivity contribution is 5.89. The van der Waals surface area contributed by atoms with Gasteiger partial charge < -0.3 is 9.84 Å². The molecule has 1 unspecified atom stereocenters. The van der Waals surface area contributed by atoms with Crippen molar-refractivity contribution in [2.75, 3.05) is 7.11 Å². The van der Waals surface area contributed by atoms with Gasteiger partial charge in [-0.3, -0.25) is 0 Å². The molecule has 0 aliphatic rings. The summed E-state index contributed by atoms with van der Waals surface area (Å²) in [5.41, 5.74) is 1.63. The molecule has 1 N–H and O–H groups in total. The second-order valence-corrected chi connectivity index (χ2v) is 3.30. The third-order valence-electron chi connectivity index (χ3n) is 2.26. The average molecular weight is 218 g/mol. The van der Waals surface area contributed by atoms with E-state index in [1.165, 1.54) is 13.2 Å². The maximum absolute atomic E-state index is 11.2. The SMILES string of the molecule is C=CC(=C)C(O)c1ccc(C(=O)OC)cc1. The molecule has 1 aromatic rings. The lowest BCUT2D eigenvalue weighted by atomic mass is 10.0. The van der Waals surface area contributed by atoms with Gasteiger partial charge in [-0.25, -0.2) is 4.79 Å². The first-order valence-corrected chi connectivity index (χ1v) is 4.77. The van der Waals surface area contributed by atoms with Crippen molar-refractivity contribution in [1.29, 1.82) is 0 Å². The minimum absolute atomic E-state index is 0.399. The molecular weight excluding hydrogens is 204 g/mol. The number of ether oxygens (including phenoxy) is 1. The fourth-order valence-electron chi connectivity index (χ4n) is 1.25. The van der Waals surface area contributed by atoms with Crippen molar-refractivity contribution in [2.24, 2.45) is 0 Å². The van der Waals surface area contributed by atoms with Gasteiger partial charge in [0.15, 0.2) is 0 Å². The molecule has 3 heteroatoms. The van der Waals surface area contributed by atoms with Gasteiger partial charge >= 0.3 is 5.97 Å². The van der Waals surface area contributed by atoms with E-state index in [1.54, 1.807) is 24.3 Å². The standard InChI is InChI=1S/C13H14O3/c1-4-9(2)12(14)10-5-7-11(8-6-10)13(15)16-3/h4-8,12,14H,1-2H2,3H3. The quantitative estimate of drug-likeness (QED) is 0.622. The van der Waals surface area contributed by atoms with Crippen LogP contribution < -0.4 is 0 Å². The van der Waals surface area contributed by atoms with Crippen LogP contribution in [0.25, 0.3) is 0 Å². The molecule has 0 aromatic heterocycles. The number of hydrogen-bond acceptors (Lipinski definition) is 3. The van der Waals surface area contributed by atoms with Gasteiger partial charge in [0.25, 0.3) is 0 Å². The average Bonchev–Trinajstić information content (AvgIpc) is 2.36. The first kappa shape index (κ1) is 12.2. The third-order valence-corrected chi connectivity index (χ3v) is 2.26. The van der Waals surface area contributed by atoms with E-state index in [1.807, 2.05) is 0 Å². The van der Waals surface area contributed by atoms with Crippen molar-refractivity contribution in [3.63, 3.8) is 0 Å². The lowest BCUT2D eigenvalue weighted by Gasteiger charge is -2.11. The van der Waals surface area contributed by atoms with Crippen LogP contribution in [-0.4, -0.2) is 18.2 Å². The molecule has 1 atom stereocenters. The van der Waals surface area contributed by atoms with E-state index in [0.29, 0.717) is 16.7 Å². The predicted molar refractivity (Wildman–Crippen MR) is 62.1 cm³/mol. The fraction of sp³-hybridized carbons (Fsp3) is 0.154. The zero-order valence-corrected chi connectivity index (χ0v) is 9.14. The van der Waals surface area contributed by atoms with Crippen molar-refractivity contribution >= 4 is 5.97 Å².